The minimum atomic E-state index is 0.727. The zero-order valence-electron chi connectivity index (χ0n) is 11.9. The summed E-state index contributed by atoms with van der Waals surface area (Å²) in [6.07, 6.45) is 0. The number of rotatable bonds is 5. The van der Waals surface area contributed by atoms with Crippen LogP contribution in [0.4, 0.5) is 0 Å². The van der Waals surface area contributed by atoms with Crippen LogP contribution in [0, 0.1) is 0 Å². The zero-order chi connectivity index (χ0) is 14.5. The van der Waals surface area contributed by atoms with Gasteiger partial charge in [0.1, 0.15) is 11.5 Å². The van der Waals surface area contributed by atoms with Gasteiger partial charge in [0.25, 0.3) is 0 Å². The first-order valence-corrected chi connectivity index (χ1v) is 6.73. The first-order valence-electron chi connectivity index (χ1n) is 6.35. The van der Waals surface area contributed by atoms with Crippen LogP contribution in [0.25, 0.3) is 11.1 Å². The van der Waals surface area contributed by atoms with Crippen LogP contribution in [0.5, 0.6) is 11.5 Å². The van der Waals surface area contributed by atoms with E-state index in [2.05, 4.69) is 5.32 Å². The summed E-state index contributed by atoms with van der Waals surface area (Å²) in [6.45, 7) is 0.738. The molecule has 20 heavy (non-hydrogen) atoms. The molecule has 0 unspecified atom stereocenters. The summed E-state index contributed by atoms with van der Waals surface area (Å²) in [6, 6.07) is 11.7. The van der Waals surface area contributed by atoms with Crippen LogP contribution < -0.4 is 14.8 Å². The fraction of sp³-hybridized carbons (Fsp3) is 0.250. The van der Waals surface area contributed by atoms with E-state index in [0.717, 1.165) is 39.8 Å². The Balaban J connectivity index is 2.53. The Labute approximate surface area is 124 Å². The molecule has 2 rings (SSSR count). The van der Waals surface area contributed by atoms with Crippen molar-refractivity contribution in [3.8, 4) is 22.6 Å². The maximum atomic E-state index is 6.33. The third kappa shape index (κ3) is 2.89. The fourth-order valence-corrected chi connectivity index (χ4v) is 2.42. The molecule has 0 saturated heterocycles. The van der Waals surface area contributed by atoms with E-state index in [-0.39, 0.29) is 0 Å². The number of hydrogen-bond acceptors (Lipinski definition) is 3. The lowest BCUT2D eigenvalue weighted by Gasteiger charge is -2.14. The summed E-state index contributed by atoms with van der Waals surface area (Å²) >= 11 is 6.33. The maximum Gasteiger partial charge on any atom is 0.130 e. The van der Waals surface area contributed by atoms with Crippen molar-refractivity contribution in [2.45, 2.75) is 6.54 Å². The number of methoxy groups -OCH3 is 2. The SMILES string of the molecule is CNCc1ccc(-c2c(OC)cccc2OC)cc1Cl. The molecule has 0 aliphatic rings. The Kier molecular flexibility index (Phi) is 4.88. The van der Waals surface area contributed by atoms with E-state index in [1.807, 2.05) is 43.4 Å². The first-order chi connectivity index (χ1) is 9.71. The van der Waals surface area contributed by atoms with E-state index >= 15 is 0 Å². The van der Waals surface area contributed by atoms with Crippen molar-refractivity contribution in [3.63, 3.8) is 0 Å². The summed E-state index contributed by atoms with van der Waals surface area (Å²) < 4.78 is 10.8. The van der Waals surface area contributed by atoms with Gasteiger partial charge in [-0.05, 0) is 36.4 Å². The molecule has 0 heterocycles. The summed E-state index contributed by atoms with van der Waals surface area (Å²) in [5.74, 6) is 1.53. The molecular weight excluding hydrogens is 274 g/mol. The van der Waals surface area contributed by atoms with Crippen molar-refractivity contribution in [1.29, 1.82) is 0 Å². The molecule has 0 bridgehead atoms. The van der Waals surface area contributed by atoms with Gasteiger partial charge in [0.2, 0.25) is 0 Å². The molecule has 0 fully saturated rings. The van der Waals surface area contributed by atoms with E-state index in [1.165, 1.54) is 0 Å². The minimum Gasteiger partial charge on any atom is -0.496 e. The van der Waals surface area contributed by atoms with Crippen molar-refractivity contribution < 1.29 is 9.47 Å². The zero-order valence-corrected chi connectivity index (χ0v) is 12.6. The normalized spacial score (nSPS) is 10.4. The summed E-state index contributed by atoms with van der Waals surface area (Å²) in [5, 5.41) is 3.82. The van der Waals surface area contributed by atoms with Gasteiger partial charge in [-0.2, -0.15) is 0 Å². The van der Waals surface area contributed by atoms with Crippen molar-refractivity contribution in [1.82, 2.24) is 5.32 Å². The lowest BCUT2D eigenvalue weighted by Crippen LogP contribution is -2.05. The molecule has 1 N–H and O–H groups in total. The molecule has 4 heteroatoms. The van der Waals surface area contributed by atoms with Crippen molar-refractivity contribution in [3.05, 3.63) is 47.0 Å². The molecule has 106 valence electrons. The summed E-state index contributed by atoms with van der Waals surface area (Å²) in [4.78, 5) is 0. The van der Waals surface area contributed by atoms with Gasteiger partial charge in [0.05, 0.1) is 19.8 Å². The first kappa shape index (κ1) is 14.7. The fourth-order valence-electron chi connectivity index (χ4n) is 2.17. The molecule has 0 spiro atoms. The Hall–Kier alpha value is -1.71. The molecule has 0 aliphatic carbocycles. The molecule has 0 atom stereocenters. The van der Waals surface area contributed by atoms with Crippen molar-refractivity contribution in [2.75, 3.05) is 21.3 Å². The average molecular weight is 292 g/mol. The second-order valence-corrected chi connectivity index (χ2v) is 4.78. The second kappa shape index (κ2) is 6.64. The van der Waals surface area contributed by atoms with E-state index in [9.17, 15) is 0 Å². The third-order valence-electron chi connectivity index (χ3n) is 3.14. The highest BCUT2D eigenvalue weighted by molar-refractivity contribution is 6.31. The molecule has 0 radical (unpaired) electrons. The lowest BCUT2D eigenvalue weighted by atomic mass is 10.0. The van der Waals surface area contributed by atoms with Gasteiger partial charge in [0, 0.05) is 11.6 Å². The molecule has 0 aliphatic heterocycles. The Bertz CT molecular complexity index is 577. The highest BCUT2D eigenvalue weighted by Gasteiger charge is 2.13. The molecule has 3 nitrogen and oxygen atoms in total. The van der Waals surface area contributed by atoms with Gasteiger partial charge < -0.3 is 14.8 Å². The number of benzene rings is 2. The molecule has 0 amide bonds. The summed E-state index contributed by atoms with van der Waals surface area (Å²) in [7, 11) is 5.19. The molecule has 2 aromatic rings. The van der Waals surface area contributed by atoms with Crippen LogP contribution in [0.2, 0.25) is 5.02 Å². The Morgan fingerprint density at radius 3 is 2.20 bits per heavy atom. The Morgan fingerprint density at radius 2 is 1.70 bits per heavy atom. The second-order valence-electron chi connectivity index (χ2n) is 4.37. The van der Waals surface area contributed by atoms with Crippen LogP contribution in [-0.2, 0) is 6.54 Å². The standard InChI is InChI=1S/C16H18ClNO2/c1-18-10-12-8-7-11(9-13(12)17)16-14(19-2)5-4-6-15(16)20-3/h4-9,18H,10H2,1-3H3. The van der Waals surface area contributed by atoms with Gasteiger partial charge >= 0.3 is 0 Å². The highest BCUT2D eigenvalue weighted by atomic mass is 35.5. The monoisotopic (exact) mass is 291 g/mol. The Morgan fingerprint density at radius 1 is 1.05 bits per heavy atom. The molecular formula is C16H18ClNO2. The number of halogens is 1. The van der Waals surface area contributed by atoms with Crippen LogP contribution in [0.3, 0.4) is 0 Å². The number of hydrogen-bond donors (Lipinski definition) is 1. The van der Waals surface area contributed by atoms with Gasteiger partial charge in [-0.15, -0.1) is 0 Å². The van der Waals surface area contributed by atoms with Crippen LogP contribution >= 0.6 is 11.6 Å². The van der Waals surface area contributed by atoms with E-state index in [0.29, 0.717) is 0 Å². The topological polar surface area (TPSA) is 30.5 Å². The van der Waals surface area contributed by atoms with Crippen LogP contribution in [-0.4, -0.2) is 21.3 Å². The van der Waals surface area contributed by atoms with Gasteiger partial charge in [-0.1, -0.05) is 29.8 Å². The average Bonchev–Trinajstić information content (AvgIpc) is 2.48. The maximum absolute atomic E-state index is 6.33. The molecule has 2 aromatic carbocycles. The van der Waals surface area contributed by atoms with Gasteiger partial charge in [-0.25, -0.2) is 0 Å². The van der Waals surface area contributed by atoms with E-state index in [1.54, 1.807) is 14.2 Å². The van der Waals surface area contributed by atoms with E-state index in [4.69, 9.17) is 21.1 Å². The largest absolute Gasteiger partial charge is 0.496 e. The van der Waals surface area contributed by atoms with Gasteiger partial charge in [0.15, 0.2) is 0 Å². The number of nitrogens with one attached hydrogen (secondary N) is 1. The van der Waals surface area contributed by atoms with E-state index < -0.39 is 0 Å². The summed E-state index contributed by atoms with van der Waals surface area (Å²) in [5.41, 5.74) is 2.95. The van der Waals surface area contributed by atoms with Gasteiger partial charge in [-0.3, -0.25) is 0 Å². The lowest BCUT2D eigenvalue weighted by molar-refractivity contribution is 0.397. The minimum absolute atomic E-state index is 0.727. The van der Waals surface area contributed by atoms with Crippen LogP contribution in [0.1, 0.15) is 5.56 Å². The predicted octanol–water partition coefficient (Wildman–Crippen LogP) is 3.74. The highest BCUT2D eigenvalue weighted by Crippen LogP contribution is 2.39. The van der Waals surface area contributed by atoms with Crippen molar-refractivity contribution >= 4 is 11.6 Å². The van der Waals surface area contributed by atoms with Crippen molar-refractivity contribution in [2.24, 2.45) is 0 Å². The molecule has 0 aromatic heterocycles. The van der Waals surface area contributed by atoms with Crippen LogP contribution in [0.15, 0.2) is 36.4 Å². The third-order valence-corrected chi connectivity index (χ3v) is 3.49. The quantitative estimate of drug-likeness (QED) is 0.910. The molecule has 0 saturated carbocycles. The smallest absolute Gasteiger partial charge is 0.130 e. The number of ether oxygens (including phenoxy) is 2. The predicted molar refractivity (Wildman–Crippen MR) is 82.8 cm³/mol.